The van der Waals surface area contributed by atoms with E-state index in [0.717, 1.165) is 24.0 Å². The summed E-state index contributed by atoms with van der Waals surface area (Å²) in [6, 6.07) is 11.8. The summed E-state index contributed by atoms with van der Waals surface area (Å²) in [6.45, 7) is 3.98. The molecule has 0 spiro atoms. The van der Waals surface area contributed by atoms with E-state index < -0.39 is 11.8 Å². The van der Waals surface area contributed by atoms with Crippen LogP contribution in [0.5, 0.6) is 5.75 Å². The molecule has 0 N–H and O–H groups in total. The molecule has 0 saturated heterocycles. The SMILES string of the molecule is CCc1ccc(C(=O)Oc2ccc(CC)cc2F)cc1. The van der Waals surface area contributed by atoms with Crippen molar-refractivity contribution >= 4 is 5.97 Å². The second-order valence-electron chi connectivity index (χ2n) is 4.56. The first-order valence-corrected chi connectivity index (χ1v) is 6.73. The summed E-state index contributed by atoms with van der Waals surface area (Å²) in [5, 5.41) is 0. The largest absolute Gasteiger partial charge is 0.420 e. The molecule has 0 fully saturated rings. The molecule has 0 saturated carbocycles. The van der Waals surface area contributed by atoms with Gasteiger partial charge in [0.15, 0.2) is 11.6 Å². The Morgan fingerprint density at radius 2 is 1.60 bits per heavy atom. The van der Waals surface area contributed by atoms with Gasteiger partial charge in [-0.3, -0.25) is 0 Å². The number of ether oxygens (including phenoxy) is 1. The maximum absolute atomic E-state index is 13.8. The minimum Gasteiger partial charge on any atom is -0.420 e. The van der Waals surface area contributed by atoms with Crippen LogP contribution in [0.3, 0.4) is 0 Å². The zero-order valence-electron chi connectivity index (χ0n) is 11.7. The Labute approximate surface area is 118 Å². The molecule has 20 heavy (non-hydrogen) atoms. The highest BCUT2D eigenvalue weighted by atomic mass is 19.1. The van der Waals surface area contributed by atoms with Gasteiger partial charge >= 0.3 is 5.97 Å². The molecule has 2 aromatic carbocycles. The van der Waals surface area contributed by atoms with Crippen molar-refractivity contribution in [3.05, 3.63) is 65.0 Å². The van der Waals surface area contributed by atoms with Gasteiger partial charge in [-0.2, -0.15) is 0 Å². The average Bonchev–Trinajstić information content (AvgIpc) is 2.49. The minimum absolute atomic E-state index is 0.0354. The smallest absolute Gasteiger partial charge is 0.343 e. The minimum atomic E-state index is -0.546. The number of carbonyl (C=O) groups excluding carboxylic acids is 1. The van der Waals surface area contributed by atoms with Gasteiger partial charge in [-0.05, 0) is 48.2 Å². The molecule has 0 radical (unpaired) electrons. The van der Waals surface area contributed by atoms with Crippen LogP contribution in [-0.4, -0.2) is 5.97 Å². The molecule has 2 rings (SSSR count). The summed E-state index contributed by atoms with van der Waals surface area (Å²) in [6.07, 6.45) is 1.64. The number of hydrogen-bond acceptors (Lipinski definition) is 2. The molecule has 0 bridgehead atoms. The predicted molar refractivity (Wildman–Crippen MR) is 76.6 cm³/mol. The van der Waals surface area contributed by atoms with Crippen molar-refractivity contribution in [3.8, 4) is 5.75 Å². The third-order valence-corrected chi connectivity index (χ3v) is 3.21. The fourth-order valence-corrected chi connectivity index (χ4v) is 1.88. The topological polar surface area (TPSA) is 26.3 Å². The predicted octanol–water partition coefficient (Wildman–Crippen LogP) is 4.17. The van der Waals surface area contributed by atoms with Crippen molar-refractivity contribution < 1.29 is 13.9 Å². The molecule has 0 heterocycles. The van der Waals surface area contributed by atoms with Crippen LogP contribution in [0.4, 0.5) is 4.39 Å². The lowest BCUT2D eigenvalue weighted by molar-refractivity contribution is 0.0728. The monoisotopic (exact) mass is 272 g/mol. The molecule has 104 valence electrons. The van der Waals surface area contributed by atoms with Gasteiger partial charge in [0.2, 0.25) is 0 Å². The Hall–Kier alpha value is -2.16. The first-order chi connectivity index (χ1) is 9.63. The van der Waals surface area contributed by atoms with Gasteiger partial charge in [0.1, 0.15) is 0 Å². The van der Waals surface area contributed by atoms with Crippen LogP contribution < -0.4 is 4.74 Å². The fourth-order valence-electron chi connectivity index (χ4n) is 1.88. The lowest BCUT2D eigenvalue weighted by Crippen LogP contribution is -2.09. The number of halogens is 1. The zero-order valence-corrected chi connectivity index (χ0v) is 11.7. The number of carbonyl (C=O) groups is 1. The molecule has 2 nitrogen and oxygen atoms in total. The van der Waals surface area contributed by atoms with Gasteiger partial charge < -0.3 is 4.74 Å². The molecule has 0 aliphatic carbocycles. The molecular formula is C17H17FO2. The second kappa shape index (κ2) is 6.33. The van der Waals surface area contributed by atoms with Gasteiger partial charge in [-0.1, -0.05) is 32.0 Å². The van der Waals surface area contributed by atoms with Crippen molar-refractivity contribution in [3.63, 3.8) is 0 Å². The lowest BCUT2D eigenvalue weighted by atomic mass is 10.1. The van der Waals surface area contributed by atoms with Crippen LogP contribution in [0.2, 0.25) is 0 Å². The Morgan fingerprint density at radius 1 is 1.00 bits per heavy atom. The van der Waals surface area contributed by atoms with Crippen LogP contribution in [0.25, 0.3) is 0 Å². The van der Waals surface area contributed by atoms with Gasteiger partial charge in [-0.25, -0.2) is 9.18 Å². The van der Waals surface area contributed by atoms with Crippen molar-refractivity contribution in [1.82, 2.24) is 0 Å². The van der Waals surface area contributed by atoms with Crippen molar-refractivity contribution in [1.29, 1.82) is 0 Å². The first-order valence-electron chi connectivity index (χ1n) is 6.73. The van der Waals surface area contributed by atoms with Crippen molar-refractivity contribution in [2.45, 2.75) is 26.7 Å². The highest BCUT2D eigenvalue weighted by Crippen LogP contribution is 2.20. The number of esters is 1. The highest BCUT2D eigenvalue weighted by Gasteiger charge is 2.12. The summed E-state index contributed by atoms with van der Waals surface area (Å²) < 4.78 is 18.8. The van der Waals surface area contributed by atoms with E-state index in [9.17, 15) is 9.18 Å². The maximum atomic E-state index is 13.8. The van der Waals surface area contributed by atoms with E-state index in [2.05, 4.69) is 0 Å². The van der Waals surface area contributed by atoms with Crippen molar-refractivity contribution in [2.24, 2.45) is 0 Å². The van der Waals surface area contributed by atoms with Gasteiger partial charge in [0.05, 0.1) is 5.56 Å². The Bertz CT molecular complexity index is 603. The van der Waals surface area contributed by atoms with Crippen LogP contribution in [0.1, 0.15) is 35.3 Å². The summed E-state index contributed by atoms with van der Waals surface area (Å²) in [7, 11) is 0. The van der Waals surface area contributed by atoms with Gasteiger partial charge in [-0.15, -0.1) is 0 Å². The Kier molecular flexibility index (Phi) is 4.51. The third kappa shape index (κ3) is 3.23. The first kappa shape index (κ1) is 14.3. The van der Waals surface area contributed by atoms with E-state index in [-0.39, 0.29) is 5.75 Å². The van der Waals surface area contributed by atoms with Gasteiger partial charge in [0.25, 0.3) is 0 Å². The second-order valence-corrected chi connectivity index (χ2v) is 4.56. The third-order valence-electron chi connectivity index (χ3n) is 3.21. The van der Waals surface area contributed by atoms with E-state index in [1.807, 2.05) is 26.0 Å². The summed E-state index contributed by atoms with van der Waals surface area (Å²) in [5.41, 5.74) is 2.43. The number of hydrogen-bond donors (Lipinski definition) is 0. The number of benzene rings is 2. The van der Waals surface area contributed by atoms with E-state index in [1.165, 1.54) is 12.1 Å². The Morgan fingerprint density at radius 3 is 2.15 bits per heavy atom. The van der Waals surface area contributed by atoms with E-state index in [4.69, 9.17) is 4.74 Å². The Balaban J connectivity index is 2.14. The van der Waals surface area contributed by atoms with Crippen LogP contribution >= 0.6 is 0 Å². The average molecular weight is 272 g/mol. The molecule has 0 atom stereocenters. The number of aryl methyl sites for hydroxylation is 2. The molecule has 0 amide bonds. The van der Waals surface area contributed by atoms with Crippen LogP contribution in [-0.2, 0) is 12.8 Å². The lowest BCUT2D eigenvalue weighted by Gasteiger charge is -2.07. The molecular weight excluding hydrogens is 255 g/mol. The molecule has 2 aromatic rings. The van der Waals surface area contributed by atoms with E-state index in [1.54, 1.807) is 18.2 Å². The maximum Gasteiger partial charge on any atom is 0.343 e. The van der Waals surface area contributed by atoms with E-state index >= 15 is 0 Å². The molecule has 3 heteroatoms. The zero-order chi connectivity index (χ0) is 14.5. The fraction of sp³-hybridized carbons (Fsp3) is 0.235. The molecule has 0 aliphatic heterocycles. The quantitative estimate of drug-likeness (QED) is 0.617. The van der Waals surface area contributed by atoms with E-state index in [0.29, 0.717) is 5.56 Å². The molecule has 0 aromatic heterocycles. The summed E-state index contributed by atoms with van der Waals surface area (Å²) >= 11 is 0. The van der Waals surface area contributed by atoms with Gasteiger partial charge in [0, 0.05) is 0 Å². The molecule has 0 aliphatic rings. The standard InChI is InChI=1S/C17H17FO2/c1-3-12-5-8-14(9-6-12)17(19)20-16-10-7-13(4-2)11-15(16)18/h5-11H,3-4H2,1-2H3. The van der Waals surface area contributed by atoms with Crippen LogP contribution in [0.15, 0.2) is 42.5 Å². The molecule has 0 unspecified atom stereocenters. The normalized spacial score (nSPS) is 10.3. The highest BCUT2D eigenvalue weighted by molar-refractivity contribution is 5.91. The van der Waals surface area contributed by atoms with Crippen molar-refractivity contribution in [2.75, 3.05) is 0 Å². The number of rotatable bonds is 4. The summed E-state index contributed by atoms with van der Waals surface area (Å²) in [5.74, 6) is -1.09. The summed E-state index contributed by atoms with van der Waals surface area (Å²) in [4.78, 5) is 11.9. The van der Waals surface area contributed by atoms with Crippen LogP contribution in [0, 0.1) is 5.82 Å².